The molecule has 0 amide bonds. The smallest absolute Gasteiger partial charge is 0.252 e. The SMILES string of the molecule is CN(C)c1nc(CN(C)C2CCN(c3ncc(C#N)cc3Cl)C2)cc(=O)[nH]1. The van der Waals surface area contributed by atoms with Crippen molar-refractivity contribution in [2.24, 2.45) is 0 Å². The van der Waals surface area contributed by atoms with E-state index >= 15 is 0 Å². The summed E-state index contributed by atoms with van der Waals surface area (Å²) in [6.07, 6.45) is 2.50. The molecule has 1 atom stereocenters. The van der Waals surface area contributed by atoms with Crippen molar-refractivity contribution in [3.63, 3.8) is 0 Å². The van der Waals surface area contributed by atoms with Crippen molar-refractivity contribution < 1.29 is 0 Å². The molecule has 142 valence electrons. The minimum absolute atomic E-state index is 0.154. The van der Waals surface area contributed by atoms with E-state index in [0.717, 1.165) is 25.2 Å². The lowest BCUT2D eigenvalue weighted by Crippen LogP contribution is -2.35. The van der Waals surface area contributed by atoms with Gasteiger partial charge < -0.3 is 9.80 Å². The second kappa shape index (κ2) is 7.94. The fraction of sp³-hybridized carbons (Fsp3) is 0.444. The molecule has 1 aliphatic heterocycles. The number of aromatic nitrogens is 3. The highest BCUT2D eigenvalue weighted by atomic mass is 35.5. The Hall–Kier alpha value is -2.63. The lowest BCUT2D eigenvalue weighted by atomic mass is 10.2. The first-order valence-electron chi connectivity index (χ1n) is 8.65. The highest BCUT2D eigenvalue weighted by Crippen LogP contribution is 2.28. The van der Waals surface area contributed by atoms with Gasteiger partial charge in [0.2, 0.25) is 5.95 Å². The summed E-state index contributed by atoms with van der Waals surface area (Å²) in [5.74, 6) is 1.25. The Kier molecular flexibility index (Phi) is 5.63. The molecule has 8 nitrogen and oxygen atoms in total. The summed E-state index contributed by atoms with van der Waals surface area (Å²) in [6, 6.07) is 5.52. The van der Waals surface area contributed by atoms with Crippen molar-refractivity contribution >= 4 is 23.4 Å². The van der Waals surface area contributed by atoms with E-state index < -0.39 is 0 Å². The molecule has 27 heavy (non-hydrogen) atoms. The zero-order chi connectivity index (χ0) is 19.6. The third kappa shape index (κ3) is 4.38. The van der Waals surface area contributed by atoms with Crippen LogP contribution >= 0.6 is 11.6 Å². The number of anilines is 2. The van der Waals surface area contributed by atoms with Crippen LogP contribution in [0, 0.1) is 11.3 Å². The van der Waals surface area contributed by atoms with Crippen LogP contribution in [0.15, 0.2) is 23.1 Å². The molecule has 3 heterocycles. The third-order valence-electron chi connectivity index (χ3n) is 4.65. The van der Waals surface area contributed by atoms with Crippen LogP contribution in [0.4, 0.5) is 11.8 Å². The second-order valence-corrected chi connectivity index (χ2v) is 7.31. The number of pyridine rings is 1. The molecule has 3 rings (SSSR count). The monoisotopic (exact) mass is 387 g/mol. The number of likely N-dealkylation sites (N-methyl/N-ethyl adjacent to an activating group) is 1. The minimum Gasteiger partial charge on any atom is -0.354 e. The van der Waals surface area contributed by atoms with E-state index in [2.05, 4.69) is 24.8 Å². The summed E-state index contributed by atoms with van der Waals surface area (Å²) in [7, 11) is 5.71. The number of halogens is 1. The summed E-state index contributed by atoms with van der Waals surface area (Å²) < 4.78 is 0. The highest BCUT2D eigenvalue weighted by molar-refractivity contribution is 6.33. The fourth-order valence-electron chi connectivity index (χ4n) is 3.19. The quantitative estimate of drug-likeness (QED) is 0.830. The highest BCUT2D eigenvalue weighted by Gasteiger charge is 2.28. The van der Waals surface area contributed by atoms with Crippen LogP contribution in [0.25, 0.3) is 0 Å². The lowest BCUT2D eigenvalue weighted by Gasteiger charge is -2.25. The predicted molar refractivity (Wildman–Crippen MR) is 105 cm³/mol. The molecule has 1 aliphatic rings. The molecule has 0 spiro atoms. The fourth-order valence-corrected chi connectivity index (χ4v) is 3.48. The molecule has 2 aromatic heterocycles. The minimum atomic E-state index is -0.154. The Morgan fingerprint density at radius 3 is 2.85 bits per heavy atom. The molecule has 0 aromatic carbocycles. The average Bonchev–Trinajstić information content (AvgIpc) is 3.11. The van der Waals surface area contributed by atoms with Gasteiger partial charge in [0.1, 0.15) is 11.9 Å². The molecule has 1 saturated heterocycles. The van der Waals surface area contributed by atoms with Gasteiger partial charge in [-0.3, -0.25) is 14.7 Å². The van der Waals surface area contributed by atoms with Gasteiger partial charge in [0.25, 0.3) is 5.56 Å². The van der Waals surface area contributed by atoms with Crippen LogP contribution in [0.2, 0.25) is 5.02 Å². The van der Waals surface area contributed by atoms with Crippen molar-refractivity contribution in [2.45, 2.75) is 19.0 Å². The van der Waals surface area contributed by atoms with Crippen LogP contribution in [0.1, 0.15) is 17.7 Å². The summed E-state index contributed by atoms with van der Waals surface area (Å²) in [5, 5.41) is 9.43. The zero-order valence-electron chi connectivity index (χ0n) is 15.6. The zero-order valence-corrected chi connectivity index (χ0v) is 16.4. The molecule has 1 N–H and O–H groups in total. The van der Waals surface area contributed by atoms with Crippen LogP contribution < -0.4 is 15.4 Å². The first kappa shape index (κ1) is 19.1. The van der Waals surface area contributed by atoms with Crippen molar-refractivity contribution in [3.8, 4) is 6.07 Å². The van der Waals surface area contributed by atoms with Gasteiger partial charge in [-0.1, -0.05) is 11.6 Å². The summed E-state index contributed by atoms with van der Waals surface area (Å²) in [4.78, 5) is 29.5. The standard InChI is InChI=1S/C18H22ClN7O/c1-24(2)18-22-13(7-16(27)23-18)10-25(3)14-4-5-26(11-14)17-15(19)6-12(8-20)9-21-17/h6-7,9,14H,4-5,10-11H2,1-3H3,(H,22,23,27). The molecule has 0 bridgehead atoms. The number of nitriles is 1. The first-order valence-corrected chi connectivity index (χ1v) is 9.03. The van der Waals surface area contributed by atoms with Gasteiger partial charge in [0, 0.05) is 52.0 Å². The van der Waals surface area contributed by atoms with E-state index in [1.54, 1.807) is 17.2 Å². The number of aromatic amines is 1. The number of H-pyrrole nitrogens is 1. The summed E-state index contributed by atoms with van der Waals surface area (Å²) in [6.45, 7) is 2.19. The molecular weight excluding hydrogens is 366 g/mol. The molecule has 0 radical (unpaired) electrons. The van der Waals surface area contributed by atoms with Crippen LogP contribution in [0.3, 0.4) is 0 Å². The molecule has 0 aliphatic carbocycles. The Morgan fingerprint density at radius 2 is 2.19 bits per heavy atom. The van der Waals surface area contributed by atoms with E-state index in [1.165, 1.54) is 6.07 Å². The molecule has 9 heteroatoms. The van der Waals surface area contributed by atoms with Crippen molar-refractivity contribution in [1.82, 2.24) is 19.9 Å². The average molecular weight is 388 g/mol. The normalized spacial score (nSPS) is 16.6. The topological polar surface area (TPSA) is 92.2 Å². The number of nitrogens with zero attached hydrogens (tertiary/aromatic N) is 6. The molecule has 2 aromatic rings. The van der Waals surface area contributed by atoms with E-state index in [0.29, 0.717) is 34.9 Å². The van der Waals surface area contributed by atoms with Crippen molar-refractivity contribution in [2.75, 3.05) is 44.0 Å². The van der Waals surface area contributed by atoms with Gasteiger partial charge in [-0.15, -0.1) is 0 Å². The number of hydrogen-bond acceptors (Lipinski definition) is 7. The molecular formula is C18H22ClN7O. The molecule has 1 unspecified atom stereocenters. The number of hydrogen-bond donors (Lipinski definition) is 1. The first-order chi connectivity index (χ1) is 12.9. The van der Waals surface area contributed by atoms with E-state index in [9.17, 15) is 4.79 Å². The van der Waals surface area contributed by atoms with Gasteiger partial charge in [0.15, 0.2) is 0 Å². The Morgan fingerprint density at radius 1 is 1.41 bits per heavy atom. The third-order valence-corrected chi connectivity index (χ3v) is 4.93. The maximum Gasteiger partial charge on any atom is 0.252 e. The van der Waals surface area contributed by atoms with Gasteiger partial charge in [-0.05, 0) is 19.5 Å². The molecule has 1 fully saturated rings. The summed E-state index contributed by atoms with van der Waals surface area (Å²) >= 11 is 6.29. The van der Waals surface area contributed by atoms with Gasteiger partial charge >= 0.3 is 0 Å². The van der Waals surface area contributed by atoms with Crippen LogP contribution in [0.5, 0.6) is 0 Å². The van der Waals surface area contributed by atoms with Gasteiger partial charge in [-0.25, -0.2) is 9.97 Å². The molecule has 0 saturated carbocycles. The maximum atomic E-state index is 11.9. The Bertz CT molecular complexity index is 921. The van der Waals surface area contributed by atoms with Gasteiger partial charge in [-0.2, -0.15) is 5.26 Å². The van der Waals surface area contributed by atoms with Crippen molar-refractivity contribution in [1.29, 1.82) is 5.26 Å². The Balaban J connectivity index is 1.69. The predicted octanol–water partition coefficient (Wildman–Crippen LogP) is 1.47. The Labute approximate surface area is 163 Å². The number of rotatable bonds is 5. The van der Waals surface area contributed by atoms with E-state index in [1.807, 2.05) is 27.2 Å². The van der Waals surface area contributed by atoms with Crippen LogP contribution in [-0.4, -0.2) is 60.1 Å². The second-order valence-electron chi connectivity index (χ2n) is 6.90. The number of nitrogens with one attached hydrogen (secondary N) is 1. The van der Waals surface area contributed by atoms with Crippen molar-refractivity contribution in [3.05, 3.63) is 45.0 Å². The van der Waals surface area contributed by atoms with Crippen LogP contribution in [-0.2, 0) is 6.54 Å². The van der Waals surface area contributed by atoms with E-state index in [-0.39, 0.29) is 5.56 Å². The largest absolute Gasteiger partial charge is 0.354 e. The van der Waals surface area contributed by atoms with E-state index in [4.69, 9.17) is 16.9 Å². The summed E-state index contributed by atoms with van der Waals surface area (Å²) in [5.41, 5.74) is 1.03. The lowest BCUT2D eigenvalue weighted by molar-refractivity contribution is 0.247. The van der Waals surface area contributed by atoms with Gasteiger partial charge in [0.05, 0.1) is 16.3 Å². The maximum absolute atomic E-state index is 11.9.